The molecule has 0 radical (unpaired) electrons. The number of nitrogens with zero attached hydrogens (tertiary/aromatic N) is 4. The summed E-state index contributed by atoms with van der Waals surface area (Å²) in [6.07, 6.45) is 2.87. The molecule has 9 nitrogen and oxygen atoms in total. The summed E-state index contributed by atoms with van der Waals surface area (Å²) in [5.41, 5.74) is -1.51. The Morgan fingerprint density at radius 3 is 2.39 bits per heavy atom. The third-order valence-corrected chi connectivity index (χ3v) is 2.65. The van der Waals surface area contributed by atoms with Crippen LogP contribution < -0.4 is 16.4 Å². The number of amides is 2. The van der Waals surface area contributed by atoms with Gasteiger partial charge in [0.1, 0.15) is 0 Å². The van der Waals surface area contributed by atoms with Crippen LogP contribution in [0.3, 0.4) is 0 Å². The molecule has 0 aliphatic carbocycles. The maximum atomic E-state index is 11.6. The molecule has 2 amide bonds. The van der Waals surface area contributed by atoms with Gasteiger partial charge in [0.15, 0.2) is 0 Å². The van der Waals surface area contributed by atoms with Crippen molar-refractivity contribution < 1.29 is 9.59 Å². The molecule has 2 aromatic heterocycles. The molecule has 18 heavy (non-hydrogen) atoms. The van der Waals surface area contributed by atoms with Crippen molar-refractivity contribution in [2.75, 3.05) is 5.01 Å². The lowest BCUT2D eigenvalue weighted by molar-refractivity contribution is -0.123. The zero-order valence-electron chi connectivity index (χ0n) is 8.99. The standard InChI is InChI=1S/C9H7N5O4/c15-5-1-2-6(16)14(5)13-4-3-12-8(13)10-7(17)11-9(12)18/h3-4H,1-2H2,(H,11,17,18). The number of fused-ring (bicyclic) bond motifs is 1. The van der Waals surface area contributed by atoms with Crippen LogP contribution in [-0.2, 0) is 9.59 Å². The minimum atomic E-state index is -0.834. The van der Waals surface area contributed by atoms with E-state index in [1.54, 1.807) is 0 Å². The minimum absolute atomic E-state index is 0.0765. The summed E-state index contributed by atoms with van der Waals surface area (Å²) in [7, 11) is 0. The molecule has 1 aliphatic heterocycles. The number of nitrogens with one attached hydrogen (secondary N) is 1. The Kier molecular flexibility index (Phi) is 1.97. The molecule has 92 valence electrons. The summed E-state index contributed by atoms with van der Waals surface area (Å²) in [6, 6.07) is 0. The smallest absolute Gasteiger partial charge is 0.272 e. The summed E-state index contributed by atoms with van der Waals surface area (Å²) in [5.74, 6) is -0.868. The van der Waals surface area contributed by atoms with E-state index in [0.717, 1.165) is 14.1 Å². The van der Waals surface area contributed by atoms with Crippen LogP contribution in [0.5, 0.6) is 0 Å². The van der Waals surface area contributed by atoms with Crippen molar-refractivity contribution in [1.29, 1.82) is 0 Å². The fourth-order valence-corrected chi connectivity index (χ4v) is 1.87. The van der Waals surface area contributed by atoms with Crippen LogP contribution in [0.2, 0.25) is 0 Å². The molecule has 3 heterocycles. The number of H-pyrrole nitrogens is 1. The van der Waals surface area contributed by atoms with Crippen molar-refractivity contribution in [3.8, 4) is 0 Å². The van der Waals surface area contributed by atoms with Crippen LogP contribution in [0.25, 0.3) is 5.78 Å². The van der Waals surface area contributed by atoms with Gasteiger partial charge in [-0.15, -0.1) is 0 Å². The summed E-state index contributed by atoms with van der Waals surface area (Å²) < 4.78 is 2.15. The van der Waals surface area contributed by atoms with Crippen molar-refractivity contribution in [3.63, 3.8) is 0 Å². The number of carbonyl (C=O) groups is 2. The Hall–Kier alpha value is -2.71. The molecule has 2 aromatic rings. The van der Waals surface area contributed by atoms with E-state index >= 15 is 0 Å². The molecule has 9 heteroatoms. The van der Waals surface area contributed by atoms with Crippen molar-refractivity contribution in [1.82, 2.24) is 19.0 Å². The molecule has 0 saturated carbocycles. The van der Waals surface area contributed by atoms with E-state index < -0.39 is 23.2 Å². The van der Waals surface area contributed by atoms with E-state index in [0.29, 0.717) is 0 Å². The Morgan fingerprint density at radius 1 is 1.06 bits per heavy atom. The van der Waals surface area contributed by atoms with Crippen LogP contribution in [0, 0.1) is 0 Å². The fourth-order valence-electron chi connectivity index (χ4n) is 1.87. The van der Waals surface area contributed by atoms with Crippen molar-refractivity contribution >= 4 is 17.6 Å². The Bertz CT molecular complexity index is 766. The average molecular weight is 249 g/mol. The Labute approximate surface area is 98.2 Å². The molecule has 3 rings (SSSR count). The van der Waals surface area contributed by atoms with Gasteiger partial charge in [-0.1, -0.05) is 0 Å². The van der Waals surface area contributed by atoms with Gasteiger partial charge in [-0.2, -0.15) is 9.99 Å². The van der Waals surface area contributed by atoms with Crippen LogP contribution in [0.4, 0.5) is 0 Å². The average Bonchev–Trinajstić information content (AvgIpc) is 2.83. The first-order chi connectivity index (χ1) is 8.58. The lowest BCUT2D eigenvalue weighted by Crippen LogP contribution is -2.40. The Balaban J connectivity index is 2.31. The molecule has 0 unspecified atom stereocenters. The van der Waals surface area contributed by atoms with E-state index in [4.69, 9.17) is 0 Å². The predicted octanol–water partition coefficient (Wildman–Crippen LogP) is -2.03. The van der Waals surface area contributed by atoms with Gasteiger partial charge in [0.2, 0.25) is 17.6 Å². The quantitative estimate of drug-likeness (QED) is 0.586. The van der Waals surface area contributed by atoms with Gasteiger partial charge in [0.05, 0.1) is 0 Å². The molecule has 0 aromatic carbocycles. The molecule has 0 spiro atoms. The number of hydrogen-bond donors (Lipinski definition) is 1. The van der Waals surface area contributed by atoms with E-state index in [-0.39, 0.29) is 18.6 Å². The molecule has 1 fully saturated rings. The van der Waals surface area contributed by atoms with Crippen molar-refractivity contribution in [2.24, 2.45) is 0 Å². The van der Waals surface area contributed by atoms with Gasteiger partial charge in [-0.25, -0.2) is 18.7 Å². The van der Waals surface area contributed by atoms with Gasteiger partial charge in [0.25, 0.3) is 0 Å². The van der Waals surface area contributed by atoms with Crippen LogP contribution in [0.15, 0.2) is 22.0 Å². The zero-order valence-corrected chi connectivity index (χ0v) is 8.99. The minimum Gasteiger partial charge on any atom is -0.272 e. The molecule has 0 bridgehead atoms. The van der Waals surface area contributed by atoms with Crippen LogP contribution >= 0.6 is 0 Å². The normalized spacial score (nSPS) is 15.9. The third-order valence-electron chi connectivity index (χ3n) is 2.65. The highest BCUT2D eigenvalue weighted by atomic mass is 16.2. The number of hydrogen-bond acceptors (Lipinski definition) is 5. The number of imide groups is 1. The maximum Gasteiger partial charge on any atom is 0.352 e. The summed E-state index contributed by atoms with van der Waals surface area (Å²) >= 11 is 0. The van der Waals surface area contributed by atoms with Gasteiger partial charge in [0, 0.05) is 25.2 Å². The van der Waals surface area contributed by atoms with Crippen LogP contribution in [0.1, 0.15) is 12.8 Å². The monoisotopic (exact) mass is 249 g/mol. The first kappa shape index (κ1) is 10.4. The molecular formula is C9H7N5O4. The highest BCUT2D eigenvalue weighted by molar-refractivity contribution is 6.14. The highest BCUT2D eigenvalue weighted by Crippen LogP contribution is 2.12. The van der Waals surface area contributed by atoms with E-state index in [2.05, 4.69) is 4.98 Å². The van der Waals surface area contributed by atoms with E-state index in [1.165, 1.54) is 12.4 Å². The topological polar surface area (TPSA) is 110 Å². The second-order valence-electron chi connectivity index (χ2n) is 3.76. The first-order valence-corrected chi connectivity index (χ1v) is 5.14. The second-order valence-corrected chi connectivity index (χ2v) is 3.76. The third kappa shape index (κ3) is 1.30. The summed E-state index contributed by atoms with van der Waals surface area (Å²) in [5, 5.41) is 0.876. The van der Waals surface area contributed by atoms with Crippen molar-refractivity contribution in [3.05, 3.63) is 33.4 Å². The van der Waals surface area contributed by atoms with Gasteiger partial charge >= 0.3 is 11.4 Å². The summed E-state index contributed by atoms with van der Waals surface area (Å²) in [6.45, 7) is 0. The summed E-state index contributed by atoms with van der Waals surface area (Å²) in [4.78, 5) is 51.3. The number of imidazole rings is 1. The lowest BCUT2D eigenvalue weighted by Gasteiger charge is -2.14. The Morgan fingerprint density at radius 2 is 1.72 bits per heavy atom. The van der Waals surface area contributed by atoms with Gasteiger partial charge in [-0.3, -0.25) is 14.6 Å². The van der Waals surface area contributed by atoms with E-state index in [9.17, 15) is 19.2 Å². The van der Waals surface area contributed by atoms with Crippen LogP contribution in [-0.4, -0.2) is 30.9 Å². The number of aromatic nitrogens is 4. The van der Waals surface area contributed by atoms with Crippen molar-refractivity contribution in [2.45, 2.75) is 12.8 Å². The number of aromatic amines is 1. The molecular weight excluding hydrogens is 242 g/mol. The second kappa shape index (κ2) is 3.39. The predicted molar refractivity (Wildman–Crippen MR) is 57.5 cm³/mol. The first-order valence-electron chi connectivity index (χ1n) is 5.14. The maximum absolute atomic E-state index is 11.6. The van der Waals surface area contributed by atoms with Gasteiger partial charge in [-0.05, 0) is 0 Å². The molecule has 1 saturated heterocycles. The number of carbonyl (C=O) groups excluding carboxylic acids is 2. The molecule has 0 atom stereocenters. The molecule has 1 N–H and O–H groups in total. The lowest BCUT2D eigenvalue weighted by atomic mass is 10.4. The number of rotatable bonds is 1. The van der Waals surface area contributed by atoms with Gasteiger partial charge < -0.3 is 0 Å². The zero-order chi connectivity index (χ0) is 12.9. The van der Waals surface area contributed by atoms with E-state index in [1.807, 2.05) is 4.98 Å². The highest BCUT2D eigenvalue weighted by Gasteiger charge is 2.31. The SMILES string of the molecule is O=C1CCC(=O)N1n1ccn2c(=O)[nH]c(=O)nc12. The largest absolute Gasteiger partial charge is 0.352 e. The fraction of sp³-hybridized carbons (Fsp3) is 0.222. The molecule has 1 aliphatic rings.